The summed E-state index contributed by atoms with van der Waals surface area (Å²) in [6, 6.07) is 5.88. The molecule has 0 fully saturated rings. The number of allylic oxidation sites excluding steroid dienone is 4. The van der Waals surface area contributed by atoms with Crippen LogP contribution >= 0.6 is 0 Å². The molecule has 5 heteroatoms. The van der Waals surface area contributed by atoms with Gasteiger partial charge in [-0.1, -0.05) is 18.7 Å². The van der Waals surface area contributed by atoms with E-state index < -0.39 is 5.95 Å². The molecule has 0 unspecified atom stereocenters. The summed E-state index contributed by atoms with van der Waals surface area (Å²) in [6.45, 7) is 3.58. The van der Waals surface area contributed by atoms with E-state index in [-0.39, 0.29) is 5.82 Å². The van der Waals surface area contributed by atoms with Crippen molar-refractivity contribution in [3.8, 4) is 11.3 Å². The Labute approximate surface area is 115 Å². The molecule has 0 bridgehead atoms. The summed E-state index contributed by atoms with van der Waals surface area (Å²) in [4.78, 5) is 0. The fourth-order valence-electron chi connectivity index (χ4n) is 1.83. The van der Waals surface area contributed by atoms with E-state index in [2.05, 4.69) is 16.8 Å². The molecule has 1 heterocycles. The summed E-state index contributed by atoms with van der Waals surface area (Å²) >= 11 is 0. The van der Waals surface area contributed by atoms with Crippen molar-refractivity contribution in [1.82, 2.24) is 10.2 Å². The lowest BCUT2D eigenvalue weighted by atomic mass is 10.0. The van der Waals surface area contributed by atoms with Crippen molar-refractivity contribution >= 4 is 5.57 Å². The zero-order valence-electron chi connectivity index (χ0n) is 10.6. The molecule has 0 aliphatic heterocycles. The van der Waals surface area contributed by atoms with E-state index in [1.807, 2.05) is 0 Å². The van der Waals surface area contributed by atoms with Crippen molar-refractivity contribution in [3.63, 3.8) is 0 Å². The van der Waals surface area contributed by atoms with Gasteiger partial charge in [0, 0.05) is 17.3 Å². The van der Waals surface area contributed by atoms with E-state index in [1.54, 1.807) is 24.4 Å². The van der Waals surface area contributed by atoms with Gasteiger partial charge < -0.3 is 5.73 Å². The lowest BCUT2D eigenvalue weighted by molar-refractivity contribution is 0.627. The van der Waals surface area contributed by atoms with E-state index in [0.29, 0.717) is 22.4 Å². The molecule has 1 aromatic carbocycles. The molecule has 0 radical (unpaired) electrons. The summed E-state index contributed by atoms with van der Waals surface area (Å²) in [7, 11) is 0. The second-order valence-corrected chi connectivity index (χ2v) is 4.04. The summed E-state index contributed by atoms with van der Waals surface area (Å²) in [5.41, 5.74) is 7.54. The van der Waals surface area contributed by atoms with Gasteiger partial charge in [-0.2, -0.15) is 9.49 Å². The van der Waals surface area contributed by atoms with Crippen LogP contribution in [0.4, 0.5) is 8.78 Å². The van der Waals surface area contributed by atoms with Crippen molar-refractivity contribution in [2.24, 2.45) is 5.73 Å². The number of nitrogens with zero attached hydrogens (tertiary/aromatic N) is 1. The quantitative estimate of drug-likeness (QED) is 0.661. The van der Waals surface area contributed by atoms with E-state index in [9.17, 15) is 8.78 Å². The predicted molar refractivity (Wildman–Crippen MR) is 75.5 cm³/mol. The minimum absolute atomic E-state index is 0.333. The third-order valence-electron chi connectivity index (χ3n) is 2.66. The highest BCUT2D eigenvalue weighted by Gasteiger charge is 2.11. The Morgan fingerprint density at radius 1 is 1.30 bits per heavy atom. The number of aromatic nitrogens is 2. The zero-order valence-corrected chi connectivity index (χ0v) is 10.6. The topological polar surface area (TPSA) is 54.7 Å². The molecule has 0 amide bonds. The van der Waals surface area contributed by atoms with Crippen LogP contribution < -0.4 is 5.73 Å². The molecular weight excluding hydrogens is 260 g/mol. The molecule has 3 N–H and O–H groups in total. The molecule has 0 aliphatic rings. The zero-order chi connectivity index (χ0) is 14.5. The average Bonchev–Trinajstić information content (AvgIpc) is 2.88. The Balaban J connectivity index is 2.51. The van der Waals surface area contributed by atoms with E-state index >= 15 is 0 Å². The molecule has 2 aromatic rings. The number of halogens is 2. The van der Waals surface area contributed by atoms with Crippen LogP contribution in [0.2, 0.25) is 0 Å². The maximum atomic E-state index is 13.0. The molecule has 0 spiro atoms. The first-order chi connectivity index (χ1) is 9.61. The average molecular weight is 273 g/mol. The maximum absolute atomic E-state index is 13.0. The van der Waals surface area contributed by atoms with Crippen molar-refractivity contribution < 1.29 is 8.78 Å². The molecule has 0 saturated heterocycles. The number of hydrogen-bond donors (Lipinski definition) is 2. The summed E-state index contributed by atoms with van der Waals surface area (Å²) in [5.74, 6) is -1.15. The van der Waals surface area contributed by atoms with E-state index in [1.165, 1.54) is 24.3 Å². The van der Waals surface area contributed by atoms with Crippen LogP contribution in [0.1, 0.15) is 5.56 Å². The van der Waals surface area contributed by atoms with E-state index in [4.69, 9.17) is 5.73 Å². The van der Waals surface area contributed by atoms with Gasteiger partial charge in [0.25, 0.3) is 0 Å². The van der Waals surface area contributed by atoms with Crippen molar-refractivity contribution in [1.29, 1.82) is 0 Å². The largest absolute Gasteiger partial charge is 0.376 e. The summed E-state index contributed by atoms with van der Waals surface area (Å²) in [5, 5.41) is 6.82. The predicted octanol–water partition coefficient (Wildman–Crippen LogP) is 3.55. The van der Waals surface area contributed by atoms with Crippen LogP contribution in [0.3, 0.4) is 0 Å². The molecule has 1 aromatic heterocycles. The monoisotopic (exact) mass is 273 g/mol. The molecule has 2 rings (SSSR count). The third kappa shape index (κ3) is 3.00. The van der Waals surface area contributed by atoms with Crippen LogP contribution in [0.25, 0.3) is 16.8 Å². The SMILES string of the molecule is C=C/C=C(\C=C(/N)F)c1c[nH]nc1-c1ccc(F)cc1. The minimum Gasteiger partial charge on any atom is -0.376 e. The Hall–Kier alpha value is -2.69. The van der Waals surface area contributed by atoms with Gasteiger partial charge in [0.15, 0.2) is 5.95 Å². The summed E-state index contributed by atoms with van der Waals surface area (Å²) < 4.78 is 25.9. The first-order valence-corrected chi connectivity index (χ1v) is 5.87. The molecule has 20 heavy (non-hydrogen) atoms. The van der Waals surface area contributed by atoms with Crippen molar-refractivity contribution in [2.75, 3.05) is 0 Å². The van der Waals surface area contributed by atoms with Crippen molar-refractivity contribution in [2.45, 2.75) is 0 Å². The van der Waals surface area contributed by atoms with Gasteiger partial charge in [-0.15, -0.1) is 0 Å². The van der Waals surface area contributed by atoms with Gasteiger partial charge in [-0.05, 0) is 35.9 Å². The van der Waals surface area contributed by atoms with Gasteiger partial charge in [-0.25, -0.2) is 4.39 Å². The Bertz CT molecular complexity index is 663. The third-order valence-corrected chi connectivity index (χ3v) is 2.66. The smallest absolute Gasteiger partial charge is 0.185 e. The van der Waals surface area contributed by atoms with Crippen LogP contribution in [0, 0.1) is 5.82 Å². The lowest BCUT2D eigenvalue weighted by Gasteiger charge is -2.03. The van der Waals surface area contributed by atoms with Crippen LogP contribution in [0.15, 0.2) is 61.2 Å². The van der Waals surface area contributed by atoms with E-state index in [0.717, 1.165) is 0 Å². The number of H-pyrrole nitrogens is 1. The highest BCUT2D eigenvalue weighted by molar-refractivity contribution is 5.84. The first-order valence-electron chi connectivity index (χ1n) is 5.87. The van der Waals surface area contributed by atoms with Crippen LogP contribution in [-0.4, -0.2) is 10.2 Å². The van der Waals surface area contributed by atoms with Crippen molar-refractivity contribution in [3.05, 3.63) is 72.6 Å². The highest BCUT2D eigenvalue weighted by Crippen LogP contribution is 2.28. The molecular formula is C15H13F2N3. The Morgan fingerprint density at radius 3 is 2.60 bits per heavy atom. The molecule has 3 nitrogen and oxygen atoms in total. The number of benzene rings is 1. The van der Waals surface area contributed by atoms with Gasteiger partial charge in [0.2, 0.25) is 0 Å². The molecule has 0 saturated carbocycles. The molecule has 0 aliphatic carbocycles. The Kier molecular flexibility index (Phi) is 4.10. The number of rotatable bonds is 4. The van der Waals surface area contributed by atoms with Gasteiger partial charge in [0.1, 0.15) is 5.82 Å². The van der Waals surface area contributed by atoms with Gasteiger partial charge in [-0.3, -0.25) is 5.10 Å². The number of hydrogen-bond acceptors (Lipinski definition) is 2. The second-order valence-electron chi connectivity index (χ2n) is 4.04. The fraction of sp³-hybridized carbons (Fsp3) is 0. The lowest BCUT2D eigenvalue weighted by Crippen LogP contribution is -1.91. The molecule has 102 valence electrons. The van der Waals surface area contributed by atoms with Crippen LogP contribution in [-0.2, 0) is 0 Å². The number of nitrogens with two attached hydrogens (primary N) is 1. The highest BCUT2D eigenvalue weighted by atomic mass is 19.1. The fourth-order valence-corrected chi connectivity index (χ4v) is 1.83. The van der Waals surface area contributed by atoms with Crippen LogP contribution in [0.5, 0.6) is 0 Å². The number of nitrogens with one attached hydrogen (secondary N) is 1. The normalized spacial score (nSPS) is 12.5. The molecule has 0 atom stereocenters. The second kappa shape index (κ2) is 5.97. The number of aromatic amines is 1. The standard InChI is InChI=1S/C15H13F2N3/c1-2-3-11(8-14(17)18)13-9-19-20-15(13)10-4-6-12(16)7-5-10/h2-9H,1,18H2,(H,19,20)/b11-3+,14-8-. The Morgan fingerprint density at radius 2 is 2.00 bits per heavy atom. The van der Waals surface area contributed by atoms with Gasteiger partial charge in [0.05, 0.1) is 5.69 Å². The van der Waals surface area contributed by atoms with Gasteiger partial charge >= 0.3 is 0 Å². The summed E-state index contributed by atoms with van der Waals surface area (Å²) in [6.07, 6.45) is 5.94. The minimum atomic E-state index is -0.815. The maximum Gasteiger partial charge on any atom is 0.185 e. The first kappa shape index (κ1) is 13.7.